The average molecular weight is 283 g/mol. The lowest BCUT2D eigenvalue weighted by Gasteiger charge is -2.00. The Labute approximate surface area is 120 Å². The number of carbonyl (C=O) groups is 2. The molecule has 3 N–H and O–H groups in total. The number of benzene rings is 1. The molecule has 0 aliphatic rings. The van der Waals surface area contributed by atoms with Crippen LogP contribution >= 0.6 is 0 Å². The highest BCUT2D eigenvalue weighted by Gasteiger charge is 2.08. The van der Waals surface area contributed by atoms with Crippen molar-refractivity contribution in [1.82, 2.24) is 9.99 Å². The number of nitrogens with zero attached hydrogens (tertiary/aromatic N) is 3. The molecular formula is C14H13N5O2. The number of nitrogens with two attached hydrogens (primary N) is 1. The van der Waals surface area contributed by atoms with Gasteiger partial charge in [0.05, 0.1) is 12.3 Å². The number of nitriles is 1. The molecule has 0 saturated heterocycles. The molecule has 21 heavy (non-hydrogen) atoms. The van der Waals surface area contributed by atoms with E-state index in [1.807, 2.05) is 24.3 Å². The van der Waals surface area contributed by atoms with Crippen molar-refractivity contribution in [1.29, 1.82) is 5.26 Å². The minimum Gasteiger partial charge on any atom is -0.368 e. The fourth-order valence-corrected chi connectivity index (χ4v) is 1.96. The standard InChI is InChI=1S/C14H13N5O2/c15-6-5-14(21)18-17-7-10-8-19(9-13(16)20)12-4-2-1-3-11(10)12/h1-4,7-8H,5,9H2,(H2,16,20)(H,18,21)/b17-7-. The van der Waals surface area contributed by atoms with Crippen LogP contribution in [0.3, 0.4) is 0 Å². The van der Waals surface area contributed by atoms with Crippen LogP contribution in [0.1, 0.15) is 12.0 Å². The van der Waals surface area contributed by atoms with Crippen LogP contribution < -0.4 is 11.2 Å². The molecular weight excluding hydrogens is 270 g/mol. The van der Waals surface area contributed by atoms with Gasteiger partial charge in [0.15, 0.2) is 0 Å². The molecule has 0 spiro atoms. The molecule has 2 rings (SSSR count). The third-order valence-corrected chi connectivity index (χ3v) is 2.78. The average Bonchev–Trinajstić information content (AvgIpc) is 2.77. The lowest BCUT2D eigenvalue weighted by atomic mass is 10.2. The Bertz CT molecular complexity index is 754. The third kappa shape index (κ3) is 3.45. The van der Waals surface area contributed by atoms with Gasteiger partial charge in [0, 0.05) is 22.7 Å². The summed E-state index contributed by atoms with van der Waals surface area (Å²) in [5, 5.41) is 13.1. The number of primary amides is 1. The van der Waals surface area contributed by atoms with Gasteiger partial charge in [-0.05, 0) is 6.07 Å². The number of hydrogen-bond donors (Lipinski definition) is 2. The van der Waals surface area contributed by atoms with E-state index in [0.29, 0.717) is 0 Å². The van der Waals surface area contributed by atoms with Crippen LogP contribution in [0.5, 0.6) is 0 Å². The molecule has 0 aliphatic carbocycles. The third-order valence-electron chi connectivity index (χ3n) is 2.78. The van der Waals surface area contributed by atoms with E-state index in [2.05, 4.69) is 10.5 Å². The zero-order valence-corrected chi connectivity index (χ0v) is 11.1. The lowest BCUT2D eigenvalue weighted by molar-refractivity contribution is -0.120. The van der Waals surface area contributed by atoms with E-state index in [1.54, 1.807) is 16.8 Å². The Morgan fingerprint density at radius 2 is 2.19 bits per heavy atom. The Balaban J connectivity index is 2.28. The second-order valence-electron chi connectivity index (χ2n) is 4.32. The maximum atomic E-state index is 11.1. The van der Waals surface area contributed by atoms with E-state index in [4.69, 9.17) is 11.0 Å². The summed E-state index contributed by atoms with van der Waals surface area (Å²) in [4.78, 5) is 22.2. The molecule has 7 nitrogen and oxygen atoms in total. The summed E-state index contributed by atoms with van der Waals surface area (Å²) in [5.74, 6) is -0.920. The van der Waals surface area contributed by atoms with Crippen molar-refractivity contribution >= 4 is 28.9 Å². The molecule has 2 amide bonds. The van der Waals surface area contributed by atoms with E-state index < -0.39 is 11.8 Å². The molecule has 1 aromatic carbocycles. The number of carbonyl (C=O) groups excluding carboxylic acids is 2. The highest BCUT2D eigenvalue weighted by molar-refractivity contribution is 6.00. The lowest BCUT2D eigenvalue weighted by Crippen LogP contribution is -2.18. The van der Waals surface area contributed by atoms with Gasteiger partial charge in [-0.1, -0.05) is 18.2 Å². The number of amides is 2. The van der Waals surface area contributed by atoms with Crippen LogP contribution in [0.2, 0.25) is 0 Å². The normalized spacial score (nSPS) is 10.6. The minimum absolute atomic E-state index is 0.0646. The summed E-state index contributed by atoms with van der Waals surface area (Å²) in [6.07, 6.45) is 2.95. The molecule has 7 heteroatoms. The first-order valence-corrected chi connectivity index (χ1v) is 6.17. The molecule has 0 unspecified atom stereocenters. The molecule has 0 aliphatic heterocycles. The van der Waals surface area contributed by atoms with E-state index >= 15 is 0 Å². The summed E-state index contributed by atoms with van der Waals surface area (Å²) in [5.41, 5.74) is 9.06. The van der Waals surface area contributed by atoms with Gasteiger partial charge in [0.1, 0.15) is 13.0 Å². The minimum atomic E-state index is -0.477. The van der Waals surface area contributed by atoms with Crippen LogP contribution in [0.25, 0.3) is 10.9 Å². The first-order valence-electron chi connectivity index (χ1n) is 6.17. The van der Waals surface area contributed by atoms with Crippen molar-refractivity contribution in [3.8, 4) is 6.07 Å². The quantitative estimate of drug-likeness (QED) is 0.614. The van der Waals surface area contributed by atoms with Gasteiger partial charge in [-0.3, -0.25) is 9.59 Å². The Morgan fingerprint density at radius 3 is 2.90 bits per heavy atom. The predicted molar refractivity (Wildman–Crippen MR) is 77.1 cm³/mol. The molecule has 0 atom stereocenters. The number of hydrazone groups is 1. The highest BCUT2D eigenvalue weighted by atomic mass is 16.2. The highest BCUT2D eigenvalue weighted by Crippen LogP contribution is 2.19. The Hall–Kier alpha value is -3.14. The monoisotopic (exact) mass is 283 g/mol. The molecule has 0 saturated carbocycles. The first kappa shape index (κ1) is 14.3. The second kappa shape index (κ2) is 6.34. The van der Waals surface area contributed by atoms with Gasteiger partial charge in [0.25, 0.3) is 5.91 Å². The van der Waals surface area contributed by atoms with Crippen LogP contribution in [0, 0.1) is 11.3 Å². The van der Waals surface area contributed by atoms with Crippen LogP contribution in [0.4, 0.5) is 0 Å². The largest absolute Gasteiger partial charge is 0.368 e. The number of rotatable bonds is 5. The molecule has 0 fully saturated rings. The number of fused-ring (bicyclic) bond motifs is 1. The maximum Gasteiger partial charge on any atom is 0.254 e. The number of hydrogen-bond acceptors (Lipinski definition) is 4. The van der Waals surface area contributed by atoms with Crippen LogP contribution in [-0.2, 0) is 16.1 Å². The second-order valence-corrected chi connectivity index (χ2v) is 4.32. The molecule has 0 bridgehead atoms. The summed E-state index contributed by atoms with van der Waals surface area (Å²) in [6.45, 7) is 0.0646. The van der Waals surface area contributed by atoms with E-state index in [1.165, 1.54) is 6.21 Å². The van der Waals surface area contributed by atoms with Gasteiger partial charge in [0.2, 0.25) is 5.91 Å². The molecule has 2 aromatic rings. The van der Waals surface area contributed by atoms with Crippen molar-refractivity contribution in [3.63, 3.8) is 0 Å². The first-order chi connectivity index (χ1) is 10.1. The predicted octanol–water partition coefficient (Wildman–Crippen LogP) is 0.490. The topological polar surface area (TPSA) is 113 Å². The summed E-state index contributed by atoms with van der Waals surface area (Å²) in [6, 6.07) is 9.20. The van der Waals surface area contributed by atoms with Gasteiger partial charge < -0.3 is 10.3 Å². The van der Waals surface area contributed by atoms with Gasteiger partial charge in [-0.2, -0.15) is 10.4 Å². The summed E-state index contributed by atoms with van der Waals surface area (Å²) >= 11 is 0. The van der Waals surface area contributed by atoms with E-state index in [9.17, 15) is 9.59 Å². The van der Waals surface area contributed by atoms with Crippen molar-refractivity contribution in [3.05, 3.63) is 36.0 Å². The van der Waals surface area contributed by atoms with Gasteiger partial charge in [-0.25, -0.2) is 5.43 Å². The molecule has 1 aromatic heterocycles. The number of aromatic nitrogens is 1. The van der Waals surface area contributed by atoms with Crippen molar-refractivity contribution in [2.75, 3.05) is 0 Å². The Morgan fingerprint density at radius 1 is 1.43 bits per heavy atom. The number of para-hydroxylation sites is 1. The summed E-state index contributed by atoms with van der Waals surface area (Å²) < 4.78 is 1.72. The molecule has 0 radical (unpaired) electrons. The fraction of sp³-hybridized carbons (Fsp3) is 0.143. The number of nitrogens with one attached hydrogen (secondary N) is 1. The van der Waals surface area contributed by atoms with Crippen LogP contribution in [-0.4, -0.2) is 22.6 Å². The molecule has 1 heterocycles. The van der Waals surface area contributed by atoms with Gasteiger partial charge in [-0.15, -0.1) is 0 Å². The zero-order valence-electron chi connectivity index (χ0n) is 11.1. The van der Waals surface area contributed by atoms with Crippen LogP contribution in [0.15, 0.2) is 35.6 Å². The zero-order chi connectivity index (χ0) is 15.2. The SMILES string of the molecule is N#CCC(=O)N/N=C\c1cn(CC(N)=O)c2ccccc12. The van der Waals surface area contributed by atoms with Crippen molar-refractivity contribution in [2.24, 2.45) is 10.8 Å². The maximum absolute atomic E-state index is 11.1. The van der Waals surface area contributed by atoms with E-state index in [0.717, 1.165) is 16.5 Å². The molecule has 106 valence electrons. The van der Waals surface area contributed by atoms with Gasteiger partial charge >= 0.3 is 0 Å². The smallest absolute Gasteiger partial charge is 0.254 e. The Kier molecular flexibility index (Phi) is 4.31. The van der Waals surface area contributed by atoms with Crippen molar-refractivity contribution in [2.45, 2.75) is 13.0 Å². The fourth-order valence-electron chi connectivity index (χ4n) is 1.96. The van der Waals surface area contributed by atoms with E-state index in [-0.39, 0.29) is 13.0 Å². The summed E-state index contributed by atoms with van der Waals surface area (Å²) in [7, 11) is 0. The van der Waals surface area contributed by atoms with Crippen molar-refractivity contribution < 1.29 is 9.59 Å².